The van der Waals surface area contributed by atoms with Crippen LogP contribution in [0.5, 0.6) is 0 Å². The normalized spacial score (nSPS) is 12.8. The zero-order valence-electron chi connectivity index (χ0n) is 9.34. The first-order chi connectivity index (χ1) is 7.69. The van der Waals surface area contributed by atoms with Crippen LogP contribution in [-0.2, 0) is 6.54 Å². The molecule has 0 spiro atoms. The molecule has 90 valence electrons. The fourth-order valence-corrected chi connectivity index (χ4v) is 2.09. The highest BCUT2D eigenvalue weighted by molar-refractivity contribution is 6.35. The number of rotatable bonds is 6. The molecule has 4 heteroatoms. The van der Waals surface area contributed by atoms with E-state index in [0.717, 1.165) is 18.4 Å². The topological polar surface area (TPSA) is 32.3 Å². The van der Waals surface area contributed by atoms with E-state index in [1.807, 2.05) is 18.2 Å². The zero-order chi connectivity index (χ0) is 12.0. The summed E-state index contributed by atoms with van der Waals surface area (Å²) < 4.78 is 0. The smallest absolute Gasteiger partial charge is 0.0465 e. The summed E-state index contributed by atoms with van der Waals surface area (Å²) in [6, 6.07) is 5.80. The highest BCUT2D eigenvalue weighted by Gasteiger charge is 2.08. The molecule has 1 atom stereocenters. The molecule has 0 aliphatic carbocycles. The number of aliphatic hydroxyl groups excluding tert-OH is 1. The van der Waals surface area contributed by atoms with Gasteiger partial charge in [0.15, 0.2) is 0 Å². The molecule has 0 aliphatic rings. The van der Waals surface area contributed by atoms with Gasteiger partial charge in [-0.05, 0) is 25.0 Å². The van der Waals surface area contributed by atoms with E-state index in [1.165, 1.54) is 0 Å². The minimum absolute atomic E-state index is 0.196. The van der Waals surface area contributed by atoms with E-state index in [9.17, 15) is 0 Å². The quantitative estimate of drug-likeness (QED) is 0.824. The fraction of sp³-hybridized carbons (Fsp3) is 0.500. The molecule has 2 nitrogen and oxygen atoms in total. The lowest BCUT2D eigenvalue weighted by Gasteiger charge is -2.16. The van der Waals surface area contributed by atoms with Crippen molar-refractivity contribution in [2.24, 2.45) is 0 Å². The number of hydrogen-bond donors (Lipinski definition) is 2. The molecule has 2 N–H and O–H groups in total. The van der Waals surface area contributed by atoms with Gasteiger partial charge in [-0.1, -0.05) is 36.2 Å². The summed E-state index contributed by atoms with van der Waals surface area (Å²) in [5.74, 6) is 0. The zero-order valence-corrected chi connectivity index (χ0v) is 10.9. The number of hydrogen-bond acceptors (Lipinski definition) is 2. The molecule has 0 fully saturated rings. The van der Waals surface area contributed by atoms with Crippen LogP contribution in [0.1, 0.15) is 25.3 Å². The van der Waals surface area contributed by atoms with E-state index < -0.39 is 0 Å². The van der Waals surface area contributed by atoms with Gasteiger partial charge in [-0.3, -0.25) is 0 Å². The standard InChI is InChI=1S/C12H17Cl2NO/c1-2-9(6-7-16)15-8-10-11(13)4-3-5-12(10)14/h3-5,9,15-16H,2,6-8H2,1H3. The SMILES string of the molecule is CCC(CCO)NCc1c(Cl)cccc1Cl. The van der Waals surface area contributed by atoms with E-state index in [2.05, 4.69) is 12.2 Å². The Hall–Kier alpha value is -0.280. The summed E-state index contributed by atoms with van der Waals surface area (Å²) in [5, 5.41) is 13.6. The number of nitrogens with one attached hydrogen (secondary N) is 1. The molecule has 1 aromatic carbocycles. The number of aliphatic hydroxyl groups is 1. The number of halogens is 2. The van der Waals surface area contributed by atoms with E-state index in [1.54, 1.807) is 0 Å². The predicted octanol–water partition coefficient (Wildman–Crippen LogP) is 3.24. The second-order valence-electron chi connectivity index (χ2n) is 3.70. The van der Waals surface area contributed by atoms with Crippen molar-refractivity contribution in [3.8, 4) is 0 Å². The van der Waals surface area contributed by atoms with E-state index in [0.29, 0.717) is 22.6 Å². The Kier molecular flexibility index (Phi) is 6.14. The molecule has 0 aliphatic heterocycles. The molecule has 0 bridgehead atoms. The van der Waals surface area contributed by atoms with Crippen LogP contribution >= 0.6 is 23.2 Å². The summed E-state index contributed by atoms with van der Waals surface area (Å²) in [6.45, 7) is 2.92. The van der Waals surface area contributed by atoms with Gasteiger partial charge in [0.05, 0.1) is 0 Å². The largest absolute Gasteiger partial charge is 0.396 e. The van der Waals surface area contributed by atoms with Crippen LogP contribution in [0, 0.1) is 0 Å². The van der Waals surface area contributed by atoms with Crippen LogP contribution in [0.2, 0.25) is 10.0 Å². The van der Waals surface area contributed by atoms with E-state index >= 15 is 0 Å². The van der Waals surface area contributed by atoms with Gasteiger partial charge in [-0.2, -0.15) is 0 Å². The maximum atomic E-state index is 8.88. The van der Waals surface area contributed by atoms with Gasteiger partial charge >= 0.3 is 0 Å². The summed E-state index contributed by atoms with van der Waals surface area (Å²) in [7, 11) is 0. The summed E-state index contributed by atoms with van der Waals surface area (Å²) in [5.41, 5.74) is 0.919. The number of benzene rings is 1. The van der Waals surface area contributed by atoms with E-state index in [-0.39, 0.29) is 6.61 Å². The Morgan fingerprint density at radius 3 is 2.44 bits per heavy atom. The van der Waals surface area contributed by atoms with Crippen molar-refractivity contribution < 1.29 is 5.11 Å². The highest BCUT2D eigenvalue weighted by atomic mass is 35.5. The molecule has 0 saturated carbocycles. The molecule has 0 aromatic heterocycles. The monoisotopic (exact) mass is 261 g/mol. The summed E-state index contributed by atoms with van der Waals surface area (Å²) in [6.07, 6.45) is 1.72. The van der Waals surface area contributed by atoms with Crippen LogP contribution in [0.25, 0.3) is 0 Å². The fourth-order valence-electron chi connectivity index (χ4n) is 1.55. The van der Waals surface area contributed by atoms with Gasteiger partial charge in [0, 0.05) is 34.8 Å². The van der Waals surface area contributed by atoms with Crippen LogP contribution in [0.4, 0.5) is 0 Å². The summed E-state index contributed by atoms with van der Waals surface area (Å²) >= 11 is 12.1. The van der Waals surface area contributed by atoms with Crippen molar-refractivity contribution in [3.63, 3.8) is 0 Å². The molecule has 1 unspecified atom stereocenters. The molecule has 0 saturated heterocycles. The van der Waals surface area contributed by atoms with Gasteiger partial charge < -0.3 is 10.4 Å². The first-order valence-corrected chi connectivity index (χ1v) is 6.21. The van der Waals surface area contributed by atoms with Gasteiger partial charge in [0.25, 0.3) is 0 Å². The van der Waals surface area contributed by atoms with Crippen molar-refractivity contribution >= 4 is 23.2 Å². The molecule has 1 aromatic rings. The average molecular weight is 262 g/mol. The molecule has 0 amide bonds. The van der Waals surface area contributed by atoms with Crippen LogP contribution in [-0.4, -0.2) is 17.8 Å². The van der Waals surface area contributed by atoms with Crippen LogP contribution in [0.15, 0.2) is 18.2 Å². The lowest BCUT2D eigenvalue weighted by molar-refractivity contribution is 0.262. The van der Waals surface area contributed by atoms with Crippen molar-refractivity contribution in [2.75, 3.05) is 6.61 Å². The molecule has 0 heterocycles. The summed E-state index contributed by atoms with van der Waals surface area (Å²) in [4.78, 5) is 0. The first-order valence-electron chi connectivity index (χ1n) is 5.46. The van der Waals surface area contributed by atoms with Crippen molar-refractivity contribution in [2.45, 2.75) is 32.4 Å². The minimum atomic E-state index is 0.196. The Bertz CT molecular complexity index is 311. The lowest BCUT2D eigenvalue weighted by Crippen LogP contribution is -2.29. The third-order valence-corrected chi connectivity index (χ3v) is 3.31. The predicted molar refractivity (Wildman–Crippen MR) is 69.1 cm³/mol. The van der Waals surface area contributed by atoms with Gasteiger partial charge in [0.2, 0.25) is 0 Å². The van der Waals surface area contributed by atoms with Crippen LogP contribution in [0.3, 0.4) is 0 Å². The van der Waals surface area contributed by atoms with Gasteiger partial charge in [0.1, 0.15) is 0 Å². The Morgan fingerprint density at radius 1 is 1.31 bits per heavy atom. The molecular formula is C12H17Cl2NO. The van der Waals surface area contributed by atoms with E-state index in [4.69, 9.17) is 28.3 Å². The molecule has 1 rings (SSSR count). The Labute approximate surface area is 107 Å². The minimum Gasteiger partial charge on any atom is -0.396 e. The average Bonchev–Trinajstić information content (AvgIpc) is 2.27. The Balaban J connectivity index is 2.59. The van der Waals surface area contributed by atoms with Crippen LogP contribution < -0.4 is 5.32 Å². The van der Waals surface area contributed by atoms with Crippen molar-refractivity contribution in [1.82, 2.24) is 5.32 Å². The molecule has 16 heavy (non-hydrogen) atoms. The maximum absolute atomic E-state index is 8.88. The third-order valence-electron chi connectivity index (χ3n) is 2.60. The highest BCUT2D eigenvalue weighted by Crippen LogP contribution is 2.24. The maximum Gasteiger partial charge on any atom is 0.0465 e. The van der Waals surface area contributed by atoms with Gasteiger partial charge in [-0.15, -0.1) is 0 Å². The second kappa shape index (κ2) is 7.13. The first kappa shape index (κ1) is 13.8. The lowest BCUT2D eigenvalue weighted by atomic mass is 10.1. The van der Waals surface area contributed by atoms with Gasteiger partial charge in [-0.25, -0.2) is 0 Å². The molecular weight excluding hydrogens is 245 g/mol. The Morgan fingerprint density at radius 2 is 1.94 bits per heavy atom. The van der Waals surface area contributed by atoms with Crippen molar-refractivity contribution in [1.29, 1.82) is 0 Å². The third kappa shape index (κ3) is 3.95. The van der Waals surface area contributed by atoms with Crippen molar-refractivity contribution in [3.05, 3.63) is 33.8 Å². The second-order valence-corrected chi connectivity index (χ2v) is 4.51. The molecule has 0 radical (unpaired) electrons.